The molecule has 17 heavy (non-hydrogen) atoms. The van der Waals surface area contributed by atoms with Gasteiger partial charge in [-0.2, -0.15) is 12.6 Å². The van der Waals surface area contributed by atoms with E-state index in [0.717, 1.165) is 5.75 Å². The van der Waals surface area contributed by atoms with Gasteiger partial charge in [0.25, 0.3) is 0 Å². The topological polar surface area (TPSA) is 0 Å². The van der Waals surface area contributed by atoms with Gasteiger partial charge in [0, 0.05) is 8.07 Å². The van der Waals surface area contributed by atoms with E-state index in [4.69, 9.17) is 0 Å². The van der Waals surface area contributed by atoms with Crippen molar-refractivity contribution in [2.45, 2.75) is 89.9 Å². The van der Waals surface area contributed by atoms with Gasteiger partial charge >= 0.3 is 0 Å². The molecule has 0 atom stereocenters. The van der Waals surface area contributed by atoms with E-state index in [1.807, 2.05) is 0 Å². The van der Waals surface area contributed by atoms with Gasteiger partial charge in [-0.15, -0.1) is 0 Å². The fourth-order valence-electron chi connectivity index (χ4n) is 2.18. The summed E-state index contributed by atoms with van der Waals surface area (Å²) in [5.41, 5.74) is 0. The van der Waals surface area contributed by atoms with Gasteiger partial charge < -0.3 is 0 Å². The summed E-state index contributed by atoms with van der Waals surface area (Å²) in [7, 11) is -0.758. The standard InChI is InChI=1S/C15H34SSi/c1-17(2,3)15-13-11-9-7-5-4-6-8-10-12-14-16/h16H,4-15H2,1-3H3. The predicted octanol–water partition coefficient (Wildman–Crippen LogP) is 6.16. The Morgan fingerprint density at radius 2 is 0.941 bits per heavy atom. The summed E-state index contributed by atoms with van der Waals surface area (Å²) in [6, 6.07) is 1.52. The third-order valence-electron chi connectivity index (χ3n) is 3.33. The van der Waals surface area contributed by atoms with Crippen LogP contribution in [0.15, 0.2) is 0 Å². The molecule has 104 valence electrons. The van der Waals surface area contributed by atoms with Gasteiger partial charge in [0.05, 0.1) is 0 Å². The smallest absolute Gasteiger partial charge is 0.0442 e. The summed E-state index contributed by atoms with van der Waals surface area (Å²) < 4.78 is 0. The summed E-state index contributed by atoms with van der Waals surface area (Å²) in [5, 5.41) is 0. The zero-order chi connectivity index (χ0) is 13.0. The minimum Gasteiger partial charge on any atom is -0.179 e. The fraction of sp³-hybridized carbons (Fsp3) is 1.00. The average Bonchev–Trinajstić information content (AvgIpc) is 2.24. The van der Waals surface area contributed by atoms with Crippen molar-refractivity contribution >= 4 is 20.7 Å². The number of hydrogen-bond donors (Lipinski definition) is 1. The van der Waals surface area contributed by atoms with Crippen LogP contribution in [0.3, 0.4) is 0 Å². The number of rotatable bonds is 12. The van der Waals surface area contributed by atoms with Crippen molar-refractivity contribution in [3.8, 4) is 0 Å². The molecular formula is C15H34SSi. The molecule has 0 spiro atoms. The molecule has 0 bridgehead atoms. The van der Waals surface area contributed by atoms with Crippen molar-refractivity contribution < 1.29 is 0 Å². The third-order valence-corrected chi connectivity index (χ3v) is 5.50. The number of hydrogen-bond acceptors (Lipinski definition) is 1. The molecule has 0 amide bonds. The van der Waals surface area contributed by atoms with E-state index in [0.29, 0.717) is 0 Å². The van der Waals surface area contributed by atoms with E-state index in [1.165, 1.54) is 70.3 Å². The molecule has 0 saturated heterocycles. The van der Waals surface area contributed by atoms with Crippen LogP contribution in [0.2, 0.25) is 25.7 Å². The highest BCUT2D eigenvalue weighted by molar-refractivity contribution is 7.80. The second kappa shape index (κ2) is 11.6. The Balaban J connectivity index is 2.99. The third kappa shape index (κ3) is 16.6. The first-order valence-corrected chi connectivity index (χ1v) is 12.0. The minimum atomic E-state index is -0.758. The van der Waals surface area contributed by atoms with E-state index >= 15 is 0 Å². The van der Waals surface area contributed by atoms with Crippen molar-refractivity contribution in [2.75, 3.05) is 5.75 Å². The molecule has 0 aliphatic heterocycles. The van der Waals surface area contributed by atoms with E-state index in [-0.39, 0.29) is 0 Å². The summed E-state index contributed by atoms with van der Waals surface area (Å²) in [6.45, 7) is 7.45. The Bertz CT molecular complexity index is 151. The molecule has 0 rings (SSSR count). The fourth-order valence-corrected chi connectivity index (χ4v) is 3.72. The lowest BCUT2D eigenvalue weighted by molar-refractivity contribution is 0.562. The van der Waals surface area contributed by atoms with Gasteiger partial charge in [0.2, 0.25) is 0 Å². The number of thiol groups is 1. The molecule has 0 nitrogen and oxygen atoms in total. The van der Waals surface area contributed by atoms with Crippen molar-refractivity contribution in [1.82, 2.24) is 0 Å². The molecule has 0 aromatic rings. The van der Waals surface area contributed by atoms with Crippen molar-refractivity contribution in [3.05, 3.63) is 0 Å². The van der Waals surface area contributed by atoms with Gasteiger partial charge in [-0.05, 0) is 12.2 Å². The molecule has 0 heterocycles. The van der Waals surface area contributed by atoms with Crippen LogP contribution in [0.5, 0.6) is 0 Å². The maximum atomic E-state index is 4.23. The highest BCUT2D eigenvalue weighted by Crippen LogP contribution is 2.16. The van der Waals surface area contributed by atoms with Crippen LogP contribution in [-0.2, 0) is 0 Å². The van der Waals surface area contributed by atoms with Crippen LogP contribution in [-0.4, -0.2) is 13.8 Å². The minimum absolute atomic E-state index is 0.758. The van der Waals surface area contributed by atoms with Gasteiger partial charge in [-0.25, -0.2) is 0 Å². The maximum absolute atomic E-state index is 4.23. The highest BCUT2D eigenvalue weighted by Gasteiger charge is 2.11. The van der Waals surface area contributed by atoms with E-state index in [2.05, 4.69) is 32.3 Å². The van der Waals surface area contributed by atoms with Gasteiger partial charge in [0.1, 0.15) is 0 Å². The summed E-state index contributed by atoms with van der Waals surface area (Å²) in [4.78, 5) is 0. The zero-order valence-corrected chi connectivity index (χ0v) is 14.3. The quantitative estimate of drug-likeness (QED) is 0.246. The summed E-state index contributed by atoms with van der Waals surface area (Å²) in [5.74, 6) is 1.07. The molecule has 0 aromatic carbocycles. The van der Waals surface area contributed by atoms with Crippen LogP contribution in [0.25, 0.3) is 0 Å². The molecule has 2 heteroatoms. The molecular weight excluding hydrogens is 240 g/mol. The van der Waals surface area contributed by atoms with Gasteiger partial charge in [-0.3, -0.25) is 0 Å². The second-order valence-corrected chi connectivity index (χ2v) is 12.6. The first-order valence-electron chi connectivity index (χ1n) is 7.67. The molecule has 0 N–H and O–H groups in total. The Morgan fingerprint density at radius 1 is 0.588 bits per heavy atom. The Labute approximate surface area is 116 Å². The van der Waals surface area contributed by atoms with Gasteiger partial charge in [-0.1, -0.05) is 83.5 Å². The van der Waals surface area contributed by atoms with E-state index in [9.17, 15) is 0 Å². The second-order valence-electron chi connectivity index (χ2n) is 6.57. The Morgan fingerprint density at radius 3 is 1.29 bits per heavy atom. The molecule has 0 aromatic heterocycles. The van der Waals surface area contributed by atoms with Crippen LogP contribution < -0.4 is 0 Å². The largest absolute Gasteiger partial charge is 0.179 e. The lowest BCUT2D eigenvalue weighted by Gasteiger charge is -2.14. The highest BCUT2D eigenvalue weighted by atomic mass is 32.1. The Kier molecular flexibility index (Phi) is 12.0. The first-order chi connectivity index (χ1) is 8.06. The van der Waals surface area contributed by atoms with E-state index < -0.39 is 8.07 Å². The molecule has 0 saturated carbocycles. The van der Waals surface area contributed by atoms with Crippen LogP contribution in [0.1, 0.15) is 64.2 Å². The lowest BCUT2D eigenvalue weighted by atomic mass is 10.1. The first kappa shape index (κ1) is 17.6. The van der Waals surface area contributed by atoms with Crippen LogP contribution in [0.4, 0.5) is 0 Å². The van der Waals surface area contributed by atoms with Crippen molar-refractivity contribution in [3.63, 3.8) is 0 Å². The predicted molar refractivity (Wildman–Crippen MR) is 88.2 cm³/mol. The normalized spacial score (nSPS) is 12.0. The van der Waals surface area contributed by atoms with E-state index in [1.54, 1.807) is 0 Å². The monoisotopic (exact) mass is 274 g/mol. The molecule has 0 fully saturated rings. The van der Waals surface area contributed by atoms with Gasteiger partial charge in [0.15, 0.2) is 0 Å². The Hall–Kier alpha value is 0.567. The number of unbranched alkanes of at least 4 members (excludes halogenated alkanes) is 9. The molecule has 0 aliphatic rings. The SMILES string of the molecule is C[Si](C)(C)CCCCCCCCCCCCS. The molecule has 0 radical (unpaired) electrons. The van der Waals surface area contributed by atoms with Crippen molar-refractivity contribution in [2.24, 2.45) is 0 Å². The lowest BCUT2D eigenvalue weighted by Crippen LogP contribution is -2.18. The molecule has 0 aliphatic carbocycles. The van der Waals surface area contributed by atoms with Crippen molar-refractivity contribution in [1.29, 1.82) is 0 Å². The maximum Gasteiger partial charge on any atom is 0.0442 e. The molecule has 0 unspecified atom stereocenters. The average molecular weight is 275 g/mol. The summed E-state index contributed by atoms with van der Waals surface area (Å²) >= 11 is 4.23. The van der Waals surface area contributed by atoms with Crippen LogP contribution >= 0.6 is 12.6 Å². The van der Waals surface area contributed by atoms with Crippen LogP contribution in [0, 0.1) is 0 Å². The zero-order valence-electron chi connectivity index (χ0n) is 12.4. The summed E-state index contributed by atoms with van der Waals surface area (Å²) in [6.07, 6.45) is 14.4.